The van der Waals surface area contributed by atoms with Gasteiger partial charge in [-0.2, -0.15) is 0 Å². The normalized spacial score (nSPS) is 22.8. The van der Waals surface area contributed by atoms with Crippen molar-refractivity contribution in [1.29, 1.82) is 0 Å². The van der Waals surface area contributed by atoms with E-state index in [0.29, 0.717) is 12.1 Å². The molecule has 0 aromatic carbocycles. The van der Waals surface area contributed by atoms with Gasteiger partial charge in [-0.05, 0) is 38.2 Å². The number of hydrogen-bond acceptors (Lipinski definition) is 3. The molecule has 0 aliphatic heterocycles. The summed E-state index contributed by atoms with van der Waals surface area (Å²) in [5.41, 5.74) is 6.70. The van der Waals surface area contributed by atoms with Crippen molar-refractivity contribution in [2.24, 2.45) is 5.73 Å². The minimum absolute atomic E-state index is 0.123. The highest BCUT2D eigenvalue weighted by molar-refractivity contribution is 5.95. The molecule has 1 aromatic rings. The Morgan fingerprint density at radius 2 is 2.05 bits per heavy atom. The first-order valence-electron chi connectivity index (χ1n) is 7.80. The second-order valence-corrected chi connectivity index (χ2v) is 5.68. The molecule has 0 saturated heterocycles. The predicted octanol–water partition coefficient (Wildman–Crippen LogP) is 2.96. The fourth-order valence-corrected chi connectivity index (χ4v) is 3.06. The van der Waals surface area contributed by atoms with E-state index in [2.05, 4.69) is 6.92 Å². The van der Waals surface area contributed by atoms with Gasteiger partial charge in [0.15, 0.2) is 0 Å². The molecule has 112 valence electrons. The lowest BCUT2D eigenvalue weighted by atomic mass is 9.90. The summed E-state index contributed by atoms with van der Waals surface area (Å²) < 4.78 is 5.40. The molecule has 0 spiro atoms. The smallest absolute Gasteiger partial charge is 0.257 e. The fourth-order valence-electron chi connectivity index (χ4n) is 3.06. The van der Waals surface area contributed by atoms with Crippen LogP contribution in [0.2, 0.25) is 0 Å². The van der Waals surface area contributed by atoms with E-state index in [1.165, 1.54) is 0 Å². The van der Waals surface area contributed by atoms with Crippen molar-refractivity contribution in [2.75, 3.05) is 6.54 Å². The van der Waals surface area contributed by atoms with E-state index in [1.54, 1.807) is 12.3 Å². The van der Waals surface area contributed by atoms with Crippen LogP contribution >= 0.6 is 0 Å². The first-order chi connectivity index (χ1) is 9.67. The molecule has 2 rings (SSSR count). The second-order valence-electron chi connectivity index (χ2n) is 5.68. The zero-order valence-electron chi connectivity index (χ0n) is 12.6. The zero-order chi connectivity index (χ0) is 14.5. The molecule has 0 bridgehead atoms. The van der Waals surface area contributed by atoms with Crippen LogP contribution in [0.4, 0.5) is 0 Å². The van der Waals surface area contributed by atoms with Crippen LogP contribution in [0.1, 0.15) is 62.1 Å². The van der Waals surface area contributed by atoms with Gasteiger partial charge in [-0.15, -0.1) is 0 Å². The lowest BCUT2D eigenvalue weighted by Crippen LogP contribution is -2.44. The topological polar surface area (TPSA) is 59.5 Å². The van der Waals surface area contributed by atoms with Gasteiger partial charge in [-0.1, -0.05) is 13.8 Å². The highest BCUT2D eigenvalue weighted by atomic mass is 16.3. The third-order valence-electron chi connectivity index (χ3n) is 4.20. The summed E-state index contributed by atoms with van der Waals surface area (Å²) in [7, 11) is 0. The maximum Gasteiger partial charge on any atom is 0.257 e. The molecule has 0 atom stereocenters. The number of rotatable bonds is 5. The summed E-state index contributed by atoms with van der Waals surface area (Å²) in [6, 6.07) is 2.45. The van der Waals surface area contributed by atoms with Crippen molar-refractivity contribution in [3.8, 4) is 0 Å². The fraction of sp³-hybridized carbons (Fsp3) is 0.688. The molecule has 4 nitrogen and oxygen atoms in total. The molecule has 1 saturated carbocycles. The molecule has 0 unspecified atom stereocenters. The van der Waals surface area contributed by atoms with E-state index >= 15 is 0 Å². The summed E-state index contributed by atoms with van der Waals surface area (Å²) in [6.07, 6.45) is 7.43. The van der Waals surface area contributed by atoms with Gasteiger partial charge in [0.2, 0.25) is 0 Å². The van der Waals surface area contributed by atoms with Crippen LogP contribution in [0.25, 0.3) is 0 Å². The third kappa shape index (κ3) is 3.23. The largest absolute Gasteiger partial charge is 0.469 e. The van der Waals surface area contributed by atoms with Crippen LogP contribution in [0, 0.1) is 0 Å². The summed E-state index contributed by atoms with van der Waals surface area (Å²) in [6.45, 7) is 4.94. The van der Waals surface area contributed by atoms with Gasteiger partial charge in [0.25, 0.3) is 5.91 Å². The molecule has 4 heteroatoms. The van der Waals surface area contributed by atoms with Crippen molar-refractivity contribution in [2.45, 2.75) is 64.5 Å². The average Bonchev–Trinajstić information content (AvgIpc) is 2.93. The van der Waals surface area contributed by atoms with E-state index in [1.807, 2.05) is 11.8 Å². The molecule has 20 heavy (non-hydrogen) atoms. The number of hydrogen-bond donors (Lipinski definition) is 1. The van der Waals surface area contributed by atoms with Crippen molar-refractivity contribution >= 4 is 5.91 Å². The van der Waals surface area contributed by atoms with Crippen molar-refractivity contribution < 1.29 is 9.21 Å². The molecule has 1 aromatic heterocycles. The first kappa shape index (κ1) is 15.1. The number of nitrogens with zero attached hydrogens (tertiary/aromatic N) is 1. The number of amides is 1. The number of furan rings is 1. The highest BCUT2D eigenvalue weighted by Crippen LogP contribution is 2.25. The van der Waals surface area contributed by atoms with Crippen molar-refractivity contribution in [3.63, 3.8) is 0 Å². The molecule has 1 aliphatic carbocycles. The molecular formula is C16H26N2O2. The number of aryl methyl sites for hydroxylation is 1. The molecule has 1 heterocycles. The Morgan fingerprint density at radius 1 is 1.35 bits per heavy atom. The predicted molar refractivity (Wildman–Crippen MR) is 79.6 cm³/mol. The lowest BCUT2D eigenvalue weighted by molar-refractivity contribution is 0.0624. The number of nitrogens with two attached hydrogens (primary N) is 1. The van der Waals surface area contributed by atoms with Crippen LogP contribution in [0.3, 0.4) is 0 Å². The Balaban J connectivity index is 2.13. The summed E-state index contributed by atoms with van der Waals surface area (Å²) >= 11 is 0. The maximum atomic E-state index is 12.8. The van der Waals surface area contributed by atoms with Crippen LogP contribution in [0.15, 0.2) is 16.7 Å². The van der Waals surface area contributed by atoms with Crippen LogP contribution in [-0.2, 0) is 6.42 Å². The Morgan fingerprint density at radius 3 is 2.65 bits per heavy atom. The molecule has 0 radical (unpaired) electrons. The van der Waals surface area contributed by atoms with Crippen LogP contribution < -0.4 is 5.73 Å². The molecular weight excluding hydrogens is 252 g/mol. The Hall–Kier alpha value is -1.29. The lowest BCUT2D eigenvalue weighted by Gasteiger charge is -2.36. The summed E-state index contributed by atoms with van der Waals surface area (Å²) in [5, 5.41) is 0. The van der Waals surface area contributed by atoms with Gasteiger partial charge < -0.3 is 15.1 Å². The van der Waals surface area contributed by atoms with E-state index in [0.717, 1.165) is 56.4 Å². The first-order valence-corrected chi connectivity index (χ1v) is 7.80. The van der Waals surface area contributed by atoms with Gasteiger partial charge >= 0.3 is 0 Å². The van der Waals surface area contributed by atoms with Gasteiger partial charge in [-0.25, -0.2) is 0 Å². The third-order valence-corrected chi connectivity index (χ3v) is 4.20. The highest BCUT2D eigenvalue weighted by Gasteiger charge is 2.29. The second kappa shape index (κ2) is 6.93. The molecule has 1 fully saturated rings. The van der Waals surface area contributed by atoms with Gasteiger partial charge in [0, 0.05) is 25.0 Å². The number of carbonyl (C=O) groups is 1. The average molecular weight is 278 g/mol. The van der Waals surface area contributed by atoms with Gasteiger partial charge in [0.05, 0.1) is 11.8 Å². The van der Waals surface area contributed by atoms with E-state index < -0.39 is 0 Å². The quantitative estimate of drug-likeness (QED) is 0.900. The Labute approximate surface area is 121 Å². The molecule has 1 amide bonds. The van der Waals surface area contributed by atoms with Crippen molar-refractivity contribution in [1.82, 2.24) is 4.90 Å². The summed E-state index contributed by atoms with van der Waals surface area (Å²) in [4.78, 5) is 14.8. The zero-order valence-corrected chi connectivity index (χ0v) is 12.6. The monoisotopic (exact) mass is 278 g/mol. The van der Waals surface area contributed by atoms with E-state index in [4.69, 9.17) is 10.2 Å². The van der Waals surface area contributed by atoms with Gasteiger partial charge in [-0.3, -0.25) is 4.79 Å². The standard InChI is InChI=1S/C16H26N2O2/c1-3-10-18(13-7-5-12(17)6-8-13)16(19)14-9-11-20-15(14)4-2/h9,11-13H,3-8,10,17H2,1-2H3. The van der Waals surface area contributed by atoms with Crippen molar-refractivity contribution in [3.05, 3.63) is 23.7 Å². The maximum absolute atomic E-state index is 12.8. The van der Waals surface area contributed by atoms with E-state index in [-0.39, 0.29) is 5.91 Å². The minimum Gasteiger partial charge on any atom is -0.469 e. The van der Waals surface area contributed by atoms with E-state index in [9.17, 15) is 4.79 Å². The Bertz CT molecular complexity index is 433. The number of carbonyl (C=O) groups excluding carboxylic acids is 1. The van der Waals surface area contributed by atoms with Gasteiger partial charge in [0.1, 0.15) is 5.76 Å². The molecule has 2 N–H and O–H groups in total. The SMILES string of the molecule is CCCN(C(=O)c1ccoc1CC)C1CCC(N)CC1. The van der Waals surface area contributed by atoms with Crippen LogP contribution in [-0.4, -0.2) is 29.4 Å². The molecule has 1 aliphatic rings. The minimum atomic E-state index is 0.123. The Kier molecular flexibility index (Phi) is 5.24. The van der Waals surface area contributed by atoms with Crippen LogP contribution in [0.5, 0.6) is 0 Å². The summed E-state index contributed by atoms with van der Waals surface area (Å²) in [5.74, 6) is 0.918.